The molecule has 0 spiro atoms. The predicted molar refractivity (Wildman–Crippen MR) is 76.7 cm³/mol. The monoisotopic (exact) mass is 233 g/mol. The van der Waals surface area contributed by atoms with E-state index < -0.39 is 0 Å². The standard InChI is InChI=1S/C16H27N/c1-5-7-8-16-13-15(10-9-14(16)3)11-12-17(4)6-2/h9-10,13H,5-8,11-12H2,1-4H3. The zero-order chi connectivity index (χ0) is 12.7. The lowest BCUT2D eigenvalue weighted by Gasteiger charge is -2.14. The minimum atomic E-state index is 1.13. The van der Waals surface area contributed by atoms with E-state index in [-0.39, 0.29) is 0 Å². The van der Waals surface area contributed by atoms with Crippen LogP contribution in [0, 0.1) is 6.92 Å². The number of benzene rings is 1. The summed E-state index contributed by atoms with van der Waals surface area (Å²) < 4.78 is 0. The van der Waals surface area contributed by atoms with Crippen molar-refractivity contribution in [2.24, 2.45) is 0 Å². The Kier molecular flexibility index (Phi) is 6.28. The smallest absolute Gasteiger partial charge is 0.00187 e. The van der Waals surface area contributed by atoms with Crippen molar-refractivity contribution in [3.05, 3.63) is 34.9 Å². The third-order valence-corrected chi connectivity index (χ3v) is 3.54. The van der Waals surface area contributed by atoms with Crippen LogP contribution < -0.4 is 0 Å². The molecular weight excluding hydrogens is 206 g/mol. The van der Waals surface area contributed by atoms with Crippen LogP contribution in [0.25, 0.3) is 0 Å². The maximum atomic E-state index is 2.41. The van der Waals surface area contributed by atoms with E-state index in [2.05, 4.69) is 50.9 Å². The van der Waals surface area contributed by atoms with Gasteiger partial charge in [0, 0.05) is 6.54 Å². The van der Waals surface area contributed by atoms with Gasteiger partial charge in [0.1, 0.15) is 0 Å². The van der Waals surface area contributed by atoms with Gasteiger partial charge in [0.25, 0.3) is 0 Å². The summed E-state index contributed by atoms with van der Waals surface area (Å²) in [6.45, 7) is 8.99. The topological polar surface area (TPSA) is 3.24 Å². The van der Waals surface area contributed by atoms with Gasteiger partial charge in [-0.15, -0.1) is 0 Å². The summed E-state index contributed by atoms with van der Waals surface area (Å²) in [6, 6.07) is 6.98. The van der Waals surface area contributed by atoms with Gasteiger partial charge >= 0.3 is 0 Å². The zero-order valence-electron chi connectivity index (χ0n) is 11.9. The molecule has 1 rings (SSSR count). The van der Waals surface area contributed by atoms with Gasteiger partial charge in [-0.3, -0.25) is 0 Å². The normalized spacial score (nSPS) is 11.1. The van der Waals surface area contributed by atoms with Gasteiger partial charge in [-0.1, -0.05) is 38.5 Å². The highest BCUT2D eigenvalue weighted by molar-refractivity contribution is 5.31. The Labute approximate surface area is 107 Å². The fourth-order valence-corrected chi connectivity index (χ4v) is 1.99. The van der Waals surface area contributed by atoms with Crippen LogP contribution in [0.1, 0.15) is 43.4 Å². The summed E-state index contributed by atoms with van der Waals surface area (Å²) in [4.78, 5) is 2.37. The molecule has 1 aromatic carbocycles. The highest BCUT2D eigenvalue weighted by Gasteiger charge is 2.02. The minimum absolute atomic E-state index is 1.13. The van der Waals surface area contributed by atoms with Gasteiger partial charge in [0.05, 0.1) is 0 Å². The van der Waals surface area contributed by atoms with Gasteiger partial charge in [-0.25, -0.2) is 0 Å². The lowest BCUT2D eigenvalue weighted by atomic mass is 9.99. The number of likely N-dealkylation sites (N-methyl/N-ethyl adjacent to an activating group) is 1. The summed E-state index contributed by atoms with van der Waals surface area (Å²) in [7, 11) is 2.19. The Hall–Kier alpha value is -0.820. The summed E-state index contributed by atoms with van der Waals surface area (Å²) in [6.07, 6.45) is 4.99. The molecule has 0 fully saturated rings. The van der Waals surface area contributed by atoms with Crippen LogP contribution in [0.2, 0.25) is 0 Å². The number of rotatable bonds is 7. The average molecular weight is 233 g/mol. The van der Waals surface area contributed by atoms with Crippen molar-refractivity contribution in [2.75, 3.05) is 20.1 Å². The maximum Gasteiger partial charge on any atom is 0.00187 e. The second kappa shape index (κ2) is 7.50. The molecule has 0 radical (unpaired) electrons. The first-order valence-corrected chi connectivity index (χ1v) is 6.94. The van der Waals surface area contributed by atoms with Crippen molar-refractivity contribution < 1.29 is 0 Å². The quantitative estimate of drug-likeness (QED) is 0.692. The lowest BCUT2D eigenvalue weighted by Crippen LogP contribution is -2.20. The van der Waals surface area contributed by atoms with E-state index in [0.29, 0.717) is 0 Å². The van der Waals surface area contributed by atoms with Crippen LogP contribution in [0.4, 0.5) is 0 Å². The van der Waals surface area contributed by atoms with Crippen molar-refractivity contribution in [1.82, 2.24) is 4.90 Å². The van der Waals surface area contributed by atoms with Crippen molar-refractivity contribution in [2.45, 2.75) is 46.5 Å². The van der Waals surface area contributed by atoms with E-state index in [9.17, 15) is 0 Å². The van der Waals surface area contributed by atoms with Crippen LogP contribution in [0.5, 0.6) is 0 Å². The number of hydrogen-bond donors (Lipinski definition) is 0. The third kappa shape index (κ3) is 4.91. The fraction of sp³-hybridized carbons (Fsp3) is 0.625. The molecular formula is C16H27N. The maximum absolute atomic E-state index is 2.41. The van der Waals surface area contributed by atoms with Gasteiger partial charge in [-0.2, -0.15) is 0 Å². The molecule has 0 saturated carbocycles. The van der Waals surface area contributed by atoms with Crippen molar-refractivity contribution in [3.63, 3.8) is 0 Å². The average Bonchev–Trinajstić information content (AvgIpc) is 2.35. The first kappa shape index (κ1) is 14.2. The van der Waals surface area contributed by atoms with Crippen LogP contribution in [-0.2, 0) is 12.8 Å². The Bertz CT molecular complexity index is 330. The highest BCUT2D eigenvalue weighted by atomic mass is 15.1. The molecule has 0 heterocycles. The summed E-state index contributed by atoms with van der Waals surface area (Å²) in [5, 5.41) is 0. The number of hydrogen-bond acceptors (Lipinski definition) is 1. The molecule has 0 unspecified atom stereocenters. The van der Waals surface area contributed by atoms with Crippen LogP contribution in [0.3, 0.4) is 0 Å². The molecule has 0 saturated heterocycles. The number of nitrogens with zero attached hydrogens (tertiary/aromatic N) is 1. The number of unbranched alkanes of at least 4 members (excludes halogenated alkanes) is 1. The van der Waals surface area contributed by atoms with Crippen LogP contribution >= 0.6 is 0 Å². The lowest BCUT2D eigenvalue weighted by molar-refractivity contribution is 0.357. The molecule has 0 amide bonds. The second-order valence-electron chi connectivity index (χ2n) is 5.01. The summed E-state index contributed by atoms with van der Waals surface area (Å²) in [5.74, 6) is 0. The SMILES string of the molecule is CCCCc1cc(CCN(C)CC)ccc1C. The molecule has 0 aliphatic rings. The molecule has 0 bridgehead atoms. The molecule has 0 atom stereocenters. The Morgan fingerprint density at radius 3 is 2.53 bits per heavy atom. The molecule has 1 aromatic rings. The van der Waals surface area contributed by atoms with Gasteiger partial charge in [0.15, 0.2) is 0 Å². The van der Waals surface area contributed by atoms with E-state index in [1.165, 1.54) is 36.8 Å². The number of aryl methyl sites for hydroxylation is 2. The van der Waals surface area contributed by atoms with Gasteiger partial charge in [0.2, 0.25) is 0 Å². The van der Waals surface area contributed by atoms with E-state index >= 15 is 0 Å². The Morgan fingerprint density at radius 2 is 1.88 bits per heavy atom. The fourth-order valence-electron chi connectivity index (χ4n) is 1.99. The first-order valence-electron chi connectivity index (χ1n) is 6.94. The molecule has 96 valence electrons. The third-order valence-electron chi connectivity index (χ3n) is 3.54. The van der Waals surface area contributed by atoms with Gasteiger partial charge in [-0.05, 0) is 56.5 Å². The summed E-state index contributed by atoms with van der Waals surface area (Å²) in [5.41, 5.74) is 4.48. The molecule has 0 aromatic heterocycles. The Morgan fingerprint density at radius 1 is 1.12 bits per heavy atom. The Balaban J connectivity index is 2.61. The van der Waals surface area contributed by atoms with E-state index in [1.54, 1.807) is 5.56 Å². The highest BCUT2D eigenvalue weighted by Crippen LogP contribution is 2.14. The molecule has 0 aliphatic carbocycles. The van der Waals surface area contributed by atoms with Crippen LogP contribution in [-0.4, -0.2) is 25.0 Å². The minimum Gasteiger partial charge on any atom is -0.306 e. The van der Waals surface area contributed by atoms with E-state index in [1.807, 2.05) is 0 Å². The van der Waals surface area contributed by atoms with Crippen molar-refractivity contribution >= 4 is 0 Å². The molecule has 17 heavy (non-hydrogen) atoms. The molecule has 1 heteroatoms. The zero-order valence-corrected chi connectivity index (χ0v) is 11.9. The molecule has 1 nitrogen and oxygen atoms in total. The van der Waals surface area contributed by atoms with Crippen LogP contribution in [0.15, 0.2) is 18.2 Å². The summed E-state index contributed by atoms with van der Waals surface area (Å²) >= 11 is 0. The molecule has 0 N–H and O–H groups in total. The molecule has 0 aliphatic heterocycles. The van der Waals surface area contributed by atoms with E-state index in [4.69, 9.17) is 0 Å². The predicted octanol–water partition coefficient (Wildman–Crippen LogP) is 3.83. The van der Waals surface area contributed by atoms with Crippen molar-refractivity contribution in [1.29, 1.82) is 0 Å². The first-order chi connectivity index (χ1) is 8.17. The van der Waals surface area contributed by atoms with E-state index in [0.717, 1.165) is 13.1 Å². The van der Waals surface area contributed by atoms with Gasteiger partial charge < -0.3 is 4.90 Å². The van der Waals surface area contributed by atoms with Crippen molar-refractivity contribution in [3.8, 4) is 0 Å². The largest absolute Gasteiger partial charge is 0.306 e. The second-order valence-corrected chi connectivity index (χ2v) is 5.01.